The molecular formula is C24H28N2OS. The first-order valence-corrected chi connectivity index (χ1v) is 11.5. The lowest BCUT2D eigenvalue weighted by Crippen LogP contribution is -2.49. The second-order valence-corrected chi connectivity index (χ2v) is 9.58. The summed E-state index contributed by atoms with van der Waals surface area (Å²) in [7, 11) is 0. The predicted molar refractivity (Wildman–Crippen MR) is 115 cm³/mol. The number of hydrogen-bond donors (Lipinski definition) is 1. The van der Waals surface area contributed by atoms with Crippen molar-refractivity contribution < 1.29 is 4.79 Å². The van der Waals surface area contributed by atoms with Gasteiger partial charge >= 0.3 is 0 Å². The summed E-state index contributed by atoms with van der Waals surface area (Å²) in [5, 5.41) is 3.57. The number of nitrogens with one attached hydrogen (secondary N) is 1. The van der Waals surface area contributed by atoms with E-state index in [1.807, 2.05) is 11.8 Å². The summed E-state index contributed by atoms with van der Waals surface area (Å²) in [6, 6.07) is 19.5. The molecule has 1 N–H and O–H groups in total. The van der Waals surface area contributed by atoms with E-state index in [0.29, 0.717) is 11.8 Å². The molecule has 28 heavy (non-hydrogen) atoms. The lowest BCUT2D eigenvalue weighted by Gasteiger charge is -2.42. The van der Waals surface area contributed by atoms with Gasteiger partial charge in [0, 0.05) is 36.5 Å². The van der Waals surface area contributed by atoms with E-state index in [2.05, 4.69) is 64.8 Å². The SMILES string of the molecule is O=C([C@@H]1CNC[C@]12CCSc1ccccc12)N1CCC(c2ccccc2)CC1. The monoisotopic (exact) mass is 392 g/mol. The molecule has 0 bridgehead atoms. The van der Waals surface area contributed by atoms with E-state index < -0.39 is 0 Å². The van der Waals surface area contributed by atoms with E-state index in [0.717, 1.165) is 51.2 Å². The van der Waals surface area contributed by atoms with Crippen LogP contribution in [0, 0.1) is 5.92 Å². The second kappa shape index (κ2) is 7.57. The zero-order valence-electron chi connectivity index (χ0n) is 16.3. The molecule has 2 aromatic carbocycles. The molecule has 2 aromatic rings. The molecule has 0 radical (unpaired) electrons. The topological polar surface area (TPSA) is 32.3 Å². The van der Waals surface area contributed by atoms with Crippen LogP contribution >= 0.6 is 11.8 Å². The average Bonchev–Trinajstić information content (AvgIpc) is 3.18. The third-order valence-electron chi connectivity index (χ3n) is 7.06. The zero-order valence-corrected chi connectivity index (χ0v) is 17.1. The fraction of sp³-hybridized carbons (Fsp3) is 0.458. The van der Waals surface area contributed by atoms with E-state index in [9.17, 15) is 4.79 Å². The number of hydrogen-bond acceptors (Lipinski definition) is 3. The van der Waals surface area contributed by atoms with Gasteiger partial charge in [0.15, 0.2) is 0 Å². The molecule has 146 valence electrons. The second-order valence-electron chi connectivity index (χ2n) is 8.44. The highest BCUT2D eigenvalue weighted by Gasteiger charge is 2.51. The van der Waals surface area contributed by atoms with E-state index in [-0.39, 0.29) is 11.3 Å². The van der Waals surface area contributed by atoms with Crippen molar-refractivity contribution >= 4 is 17.7 Å². The molecule has 0 aliphatic carbocycles. The third kappa shape index (κ3) is 3.07. The number of thioether (sulfide) groups is 1. The van der Waals surface area contributed by atoms with Crippen molar-refractivity contribution in [2.75, 3.05) is 31.9 Å². The fourth-order valence-electron chi connectivity index (χ4n) is 5.49. The van der Waals surface area contributed by atoms with Crippen LogP contribution in [0.4, 0.5) is 0 Å². The first kappa shape index (κ1) is 18.3. The molecule has 4 heteroatoms. The Morgan fingerprint density at radius 2 is 1.79 bits per heavy atom. The van der Waals surface area contributed by atoms with Gasteiger partial charge in [-0.1, -0.05) is 48.5 Å². The van der Waals surface area contributed by atoms with Gasteiger partial charge in [0.05, 0.1) is 5.92 Å². The molecule has 2 saturated heterocycles. The average molecular weight is 393 g/mol. The predicted octanol–water partition coefficient (Wildman–Crippen LogP) is 4.05. The van der Waals surface area contributed by atoms with Crippen molar-refractivity contribution in [3.05, 3.63) is 65.7 Å². The summed E-state index contributed by atoms with van der Waals surface area (Å²) >= 11 is 1.94. The lowest BCUT2D eigenvalue weighted by molar-refractivity contribution is -0.138. The minimum atomic E-state index is -0.0186. The molecule has 3 heterocycles. The van der Waals surface area contributed by atoms with E-state index in [1.54, 1.807) is 0 Å². The Labute approximate surface area is 171 Å². The summed E-state index contributed by atoms with van der Waals surface area (Å²) in [5.41, 5.74) is 2.80. The molecule has 0 saturated carbocycles. The highest BCUT2D eigenvalue weighted by atomic mass is 32.2. The number of fused-ring (bicyclic) bond motifs is 2. The normalized spacial score (nSPS) is 27.7. The van der Waals surface area contributed by atoms with Crippen LogP contribution in [0.3, 0.4) is 0 Å². The summed E-state index contributed by atoms with van der Waals surface area (Å²) < 4.78 is 0. The molecule has 3 nitrogen and oxygen atoms in total. The number of amides is 1. The lowest BCUT2D eigenvalue weighted by atomic mass is 9.69. The van der Waals surface area contributed by atoms with Crippen molar-refractivity contribution in [1.29, 1.82) is 0 Å². The number of carbonyl (C=O) groups is 1. The van der Waals surface area contributed by atoms with Gasteiger partial charge < -0.3 is 10.2 Å². The Balaban J connectivity index is 1.34. The highest BCUT2D eigenvalue weighted by Crippen LogP contribution is 2.48. The number of nitrogens with zero attached hydrogens (tertiary/aromatic N) is 1. The molecule has 1 spiro atoms. The van der Waals surface area contributed by atoms with E-state index in [1.165, 1.54) is 16.0 Å². The van der Waals surface area contributed by atoms with Crippen LogP contribution in [0.25, 0.3) is 0 Å². The van der Waals surface area contributed by atoms with Gasteiger partial charge in [-0.05, 0) is 48.1 Å². The standard InChI is InChI=1S/C24H28N2OS/c27-23(26-13-10-19(11-14-26)18-6-2-1-3-7-18)21-16-25-17-24(21)12-15-28-22-9-5-4-8-20(22)24/h1-9,19,21,25H,10-17H2/t21-,24-/m0/s1. The number of rotatable bonds is 2. The van der Waals surface area contributed by atoms with Crippen LogP contribution < -0.4 is 5.32 Å². The van der Waals surface area contributed by atoms with Gasteiger partial charge in [-0.15, -0.1) is 11.8 Å². The summed E-state index contributed by atoms with van der Waals surface area (Å²) in [6.45, 7) is 3.53. The molecule has 0 aromatic heterocycles. The van der Waals surface area contributed by atoms with Crippen LogP contribution in [-0.4, -0.2) is 42.7 Å². The Bertz CT molecular complexity index is 847. The van der Waals surface area contributed by atoms with Gasteiger partial charge in [0.25, 0.3) is 0 Å². The summed E-state index contributed by atoms with van der Waals surface area (Å²) in [4.78, 5) is 17.1. The van der Waals surface area contributed by atoms with Gasteiger partial charge in [-0.3, -0.25) is 4.79 Å². The third-order valence-corrected chi connectivity index (χ3v) is 8.14. The number of benzene rings is 2. The molecule has 5 rings (SSSR count). The van der Waals surface area contributed by atoms with Crippen molar-refractivity contribution in [2.45, 2.75) is 35.5 Å². The molecular weight excluding hydrogens is 364 g/mol. The molecule has 2 atom stereocenters. The van der Waals surface area contributed by atoms with Crippen molar-refractivity contribution in [3.8, 4) is 0 Å². The van der Waals surface area contributed by atoms with Crippen molar-refractivity contribution in [3.63, 3.8) is 0 Å². The number of likely N-dealkylation sites (tertiary alicyclic amines) is 1. The Hall–Kier alpha value is -1.78. The van der Waals surface area contributed by atoms with E-state index >= 15 is 0 Å². The molecule has 0 unspecified atom stereocenters. The Morgan fingerprint density at radius 3 is 2.61 bits per heavy atom. The first-order valence-electron chi connectivity index (χ1n) is 10.5. The summed E-state index contributed by atoms with van der Waals surface area (Å²) in [6.07, 6.45) is 3.25. The maximum Gasteiger partial charge on any atom is 0.227 e. The molecule has 3 aliphatic heterocycles. The van der Waals surface area contributed by atoms with Crippen LogP contribution in [0.1, 0.15) is 36.3 Å². The largest absolute Gasteiger partial charge is 0.342 e. The Morgan fingerprint density at radius 1 is 1.04 bits per heavy atom. The number of carbonyl (C=O) groups excluding carboxylic acids is 1. The van der Waals surface area contributed by atoms with Crippen molar-refractivity contribution in [1.82, 2.24) is 10.2 Å². The van der Waals surface area contributed by atoms with Gasteiger partial charge in [0.1, 0.15) is 0 Å². The van der Waals surface area contributed by atoms with Crippen LogP contribution in [0.5, 0.6) is 0 Å². The smallest absolute Gasteiger partial charge is 0.227 e. The maximum atomic E-state index is 13.6. The summed E-state index contributed by atoms with van der Waals surface area (Å²) in [5.74, 6) is 2.15. The molecule has 3 aliphatic rings. The van der Waals surface area contributed by atoms with Gasteiger partial charge in [-0.25, -0.2) is 0 Å². The molecule has 2 fully saturated rings. The van der Waals surface area contributed by atoms with Gasteiger partial charge in [-0.2, -0.15) is 0 Å². The number of piperidine rings is 1. The van der Waals surface area contributed by atoms with Crippen molar-refractivity contribution in [2.24, 2.45) is 5.92 Å². The minimum absolute atomic E-state index is 0.0186. The molecule has 1 amide bonds. The Kier molecular flexibility index (Phi) is 4.93. The van der Waals surface area contributed by atoms with E-state index in [4.69, 9.17) is 0 Å². The van der Waals surface area contributed by atoms with Gasteiger partial charge in [0.2, 0.25) is 5.91 Å². The minimum Gasteiger partial charge on any atom is -0.342 e. The highest BCUT2D eigenvalue weighted by molar-refractivity contribution is 7.99. The first-order chi connectivity index (χ1) is 13.8. The van der Waals surface area contributed by atoms with Crippen LogP contribution in [-0.2, 0) is 10.2 Å². The van der Waals surface area contributed by atoms with Crippen LogP contribution in [0.15, 0.2) is 59.5 Å². The fourth-order valence-corrected chi connectivity index (χ4v) is 6.78. The van der Waals surface area contributed by atoms with Crippen LogP contribution in [0.2, 0.25) is 0 Å². The maximum absolute atomic E-state index is 13.6. The zero-order chi connectivity index (χ0) is 19.0. The quantitative estimate of drug-likeness (QED) is 0.837.